The Morgan fingerprint density at radius 2 is 1.67 bits per heavy atom. The summed E-state index contributed by atoms with van der Waals surface area (Å²) < 4.78 is 23.1. The van der Waals surface area contributed by atoms with E-state index < -0.39 is 5.25 Å². The predicted molar refractivity (Wildman–Crippen MR) is 167 cm³/mol. The maximum absolute atomic E-state index is 15.4. The molecule has 0 spiro atoms. The van der Waals surface area contributed by atoms with Gasteiger partial charge in [0.2, 0.25) is 11.0 Å². The second-order valence-electron chi connectivity index (χ2n) is 10.4. The first kappa shape index (κ1) is 31.0. The molecule has 0 aliphatic carbocycles. The molecule has 0 radical (unpaired) electrons. The van der Waals surface area contributed by atoms with Gasteiger partial charge in [0.25, 0.3) is 6.01 Å². The molecule has 1 atom stereocenters. The molecule has 4 rings (SSSR count). The fourth-order valence-electron chi connectivity index (χ4n) is 4.74. The Morgan fingerprint density at radius 1 is 0.976 bits per heavy atom. The molecule has 4 aromatic rings. The molecule has 0 aliphatic heterocycles. The quantitative estimate of drug-likeness (QED) is 0.178. The molecule has 8 heteroatoms. The summed E-state index contributed by atoms with van der Waals surface area (Å²) in [6.07, 6.45) is 1.17. The van der Waals surface area contributed by atoms with Crippen molar-refractivity contribution in [3.05, 3.63) is 107 Å². The van der Waals surface area contributed by atoms with Crippen molar-refractivity contribution in [3.63, 3.8) is 0 Å². The molecule has 42 heavy (non-hydrogen) atoms. The van der Waals surface area contributed by atoms with Crippen LogP contribution in [-0.2, 0) is 24.3 Å². The van der Waals surface area contributed by atoms with E-state index in [1.807, 2.05) is 86.9 Å². The van der Waals surface area contributed by atoms with Crippen LogP contribution in [0.25, 0.3) is 11.1 Å². The zero-order chi connectivity index (χ0) is 30.1. The van der Waals surface area contributed by atoms with Crippen molar-refractivity contribution < 1.29 is 18.7 Å². The lowest BCUT2D eigenvalue weighted by Crippen LogP contribution is -2.34. The van der Waals surface area contributed by atoms with Crippen LogP contribution in [0.5, 0.6) is 6.01 Å². The molecule has 0 bridgehead atoms. The van der Waals surface area contributed by atoms with E-state index in [0.717, 1.165) is 34.3 Å². The summed E-state index contributed by atoms with van der Waals surface area (Å²) in [6.45, 7) is 8.70. The third kappa shape index (κ3) is 7.88. The minimum atomic E-state index is -0.548. The van der Waals surface area contributed by atoms with Gasteiger partial charge in [0, 0.05) is 11.1 Å². The van der Waals surface area contributed by atoms with Crippen LogP contribution >= 0.6 is 11.8 Å². The van der Waals surface area contributed by atoms with Gasteiger partial charge in [-0.2, -0.15) is 4.98 Å². The van der Waals surface area contributed by atoms with Crippen molar-refractivity contribution in [1.82, 2.24) is 14.9 Å². The van der Waals surface area contributed by atoms with E-state index in [-0.39, 0.29) is 35.8 Å². The Morgan fingerprint density at radius 3 is 2.29 bits per heavy atom. The van der Waals surface area contributed by atoms with Gasteiger partial charge in [-0.1, -0.05) is 105 Å². The molecule has 1 N–H and O–H groups in total. The number of carbonyl (C=O) groups excluding carboxylic acids is 2. The standard InChI is InChI=1S/C34H38FN3O3S/c1-5-29-30(21-36-32(39)31(19-23(3)4)42-33(40)25-15-11-8-12-16-25)38(34(37-29)41-6-2)22-27-18-17-26(20-28(27)35)24-13-9-7-10-14-24/h7-18,20,23,31H,5-6,19,21-22H2,1-4H3,(H,36,39). The largest absolute Gasteiger partial charge is 0.465 e. The normalized spacial score (nSPS) is 11.9. The number of ether oxygens (including phenoxy) is 1. The molecule has 1 heterocycles. The van der Waals surface area contributed by atoms with E-state index in [0.29, 0.717) is 36.6 Å². The van der Waals surface area contributed by atoms with Crippen molar-refractivity contribution >= 4 is 22.8 Å². The highest BCUT2D eigenvalue weighted by Crippen LogP contribution is 2.27. The first-order valence-electron chi connectivity index (χ1n) is 14.4. The zero-order valence-corrected chi connectivity index (χ0v) is 25.4. The van der Waals surface area contributed by atoms with E-state index in [4.69, 9.17) is 4.74 Å². The van der Waals surface area contributed by atoms with Crippen LogP contribution in [0.15, 0.2) is 78.9 Å². The molecule has 0 aliphatic rings. The molecular formula is C34H38FN3O3S. The monoisotopic (exact) mass is 587 g/mol. The second-order valence-corrected chi connectivity index (χ2v) is 11.6. The molecular weight excluding hydrogens is 549 g/mol. The first-order chi connectivity index (χ1) is 20.3. The number of nitrogens with one attached hydrogen (secondary N) is 1. The number of benzene rings is 3. The zero-order valence-electron chi connectivity index (χ0n) is 24.6. The van der Waals surface area contributed by atoms with Gasteiger partial charge in [-0.3, -0.25) is 14.2 Å². The number of halogens is 1. The lowest BCUT2D eigenvalue weighted by molar-refractivity contribution is -0.121. The summed E-state index contributed by atoms with van der Waals surface area (Å²) in [5.41, 5.74) is 4.32. The van der Waals surface area contributed by atoms with Gasteiger partial charge in [0.15, 0.2) is 0 Å². The molecule has 1 unspecified atom stereocenters. The van der Waals surface area contributed by atoms with E-state index in [2.05, 4.69) is 10.3 Å². The molecule has 1 aromatic heterocycles. The first-order valence-corrected chi connectivity index (χ1v) is 15.3. The topological polar surface area (TPSA) is 73.2 Å². The SMILES string of the molecule is CCOc1nc(CC)c(CNC(=O)C(CC(C)C)SC(=O)c2ccccc2)n1Cc1ccc(-c2ccccc2)cc1F. The third-order valence-electron chi connectivity index (χ3n) is 6.88. The van der Waals surface area contributed by atoms with Crippen LogP contribution < -0.4 is 10.1 Å². The molecule has 0 saturated heterocycles. The minimum absolute atomic E-state index is 0.135. The van der Waals surface area contributed by atoms with Crippen molar-refractivity contribution in [2.75, 3.05) is 6.61 Å². The Bertz CT molecular complexity index is 1490. The molecule has 0 saturated carbocycles. The fraction of sp³-hybridized carbons (Fsp3) is 0.324. The number of hydrogen-bond donors (Lipinski definition) is 1. The molecule has 0 fully saturated rings. The van der Waals surface area contributed by atoms with Crippen LogP contribution in [0.3, 0.4) is 0 Å². The Balaban J connectivity index is 1.56. The highest BCUT2D eigenvalue weighted by molar-refractivity contribution is 8.15. The second kappa shape index (κ2) is 14.8. The number of hydrogen-bond acceptors (Lipinski definition) is 5. The highest BCUT2D eigenvalue weighted by Gasteiger charge is 2.26. The number of carbonyl (C=O) groups is 2. The van der Waals surface area contributed by atoms with Crippen molar-refractivity contribution in [2.45, 2.75) is 58.9 Å². The number of rotatable bonds is 13. The average molecular weight is 588 g/mol. The third-order valence-corrected chi connectivity index (χ3v) is 8.03. The van der Waals surface area contributed by atoms with E-state index in [1.165, 1.54) is 0 Å². The van der Waals surface area contributed by atoms with Gasteiger partial charge in [-0.05, 0) is 42.9 Å². The lowest BCUT2D eigenvalue weighted by atomic mass is 10.0. The number of thioether (sulfide) groups is 1. The predicted octanol–water partition coefficient (Wildman–Crippen LogP) is 7.30. The van der Waals surface area contributed by atoms with Gasteiger partial charge in [-0.25, -0.2) is 4.39 Å². The highest BCUT2D eigenvalue weighted by atomic mass is 32.2. The van der Waals surface area contributed by atoms with Crippen LogP contribution in [-0.4, -0.2) is 32.4 Å². The number of amides is 1. The van der Waals surface area contributed by atoms with Crippen LogP contribution in [0.4, 0.5) is 4.39 Å². The van der Waals surface area contributed by atoms with E-state index in [9.17, 15) is 9.59 Å². The van der Waals surface area contributed by atoms with Crippen molar-refractivity contribution in [1.29, 1.82) is 0 Å². The summed E-state index contributed by atoms with van der Waals surface area (Å²) in [4.78, 5) is 31.0. The Labute approximate surface area is 251 Å². The van der Waals surface area contributed by atoms with Gasteiger partial charge in [0.05, 0.1) is 36.3 Å². The average Bonchev–Trinajstić information content (AvgIpc) is 3.32. The lowest BCUT2D eigenvalue weighted by Gasteiger charge is -2.19. The molecule has 1 amide bonds. The summed E-state index contributed by atoms with van der Waals surface area (Å²) in [7, 11) is 0. The van der Waals surface area contributed by atoms with Crippen LogP contribution in [0.2, 0.25) is 0 Å². The Hall–Kier alpha value is -3.91. The minimum Gasteiger partial charge on any atom is -0.465 e. The van der Waals surface area contributed by atoms with Gasteiger partial charge >= 0.3 is 0 Å². The van der Waals surface area contributed by atoms with Gasteiger partial charge < -0.3 is 10.1 Å². The van der Waals surface area contributed by atoms with Crippen molar-refractivity contribution in [3.8, 4) is 17.1 Å². The number of aryl methyl sites for hydroxylation is 1. The van der Waals surface area contributed by atoms with Crippen LogP contribution in [0.1, 0.15) is 61.4 Å². The summed E-state index contributed by atoms with van der Waals surface area (Å²) >= 11 is 1.05. The molecule has 3 aromatic carbocycles. The van der Waals surface area contributed by atoms with Crippen molar-refractivity contribution in [2.24, 2.45) is 5.92 Å². The molecule has 220 valence electrons. The molecule has 6 nitrogen and oxygen atoms in total. The van der Waals surface area contributed by atoms with E-state index in [1.54, 1.807) is 24.3 Å². The number of nitrogens with zero attached hydrogens (tertiary/aromatic N) is 2. The van der Waals surface area contributed by atoms with Gasteiger partial charge in [-0.15, -0.1) is 0 Å². The number of imidazole rings is 1. The van der Waals surface area contributed by atoms with E-state index >= 15 is 4.39 Å². The summed E-state index contributed by atoms with van der Waals surface area (Å²) in [5.74, 6) is -0.322. The maximum Gasteiger partial charge on any atom is 0.297 e. The maximum atomic E-state index is 15.4. The Kier molecular flexibility index (Phi) is 11.0. The van der Waals surface area contributed by atoms with Crippen LogP contribution in [0, 0.1) is 11.7 Å². The summed E-state index contributed by atoms with van der Waals surface area (Å²) in [5, 5.41) is 2.36. The summed E-state index contributed by atoms with van der Waals surface area (Å²) in [6, 6.07) is 24.3. The smallest absolute Gasteiger partial charge is 0.297 e. The van der Waals surface area contributed by atoms with Gasteiger partial charge in [0.1, 0.15) is 5.82 Å². The number of aromatic nitrogens is 2. The fourth-order valence-corrected chi connectivity index (χ4v) is 5.95.